The van der Waals surface area contributed by atoms with Crippen LogP contribution in [-0.2, 0) is 27.8 Å². The molecule has 0 aliphatic rings. The molecule has 3 aromatic rings. The van der Waals surface area contributed by atoms with E-state index in [0.717, 1.165) is 16.4 Å². The number of benzene rings is 2. The minimum Gasteiger partial charge on any atom is -0.497 e. The first-order valence-corrected chi connectivity index (χ1v) is 12.0. The fraction of sp³-hybridized carbons (Fsp3) is 0.292. The molecule has 34 heavy (non-hydrogen) atoms. The van der Waals surface area contributed by atoms with Crippen LogP contribution in [0.25, 0.3) is 0 Å². The highest BCUT2D eigenvalue weighted by Gasteiger charge is 2.30. The van der Waals surface area contributed by atoms with Gasteiger partial charge in [-0.05, 0) is 61.7 Å². The average Bonchev–Trinajstić information content (AvgIpc) is 3.07. The molecule has 0 aliphatic heterocycles. The number of aromatic nitrogens is 1. The molecule has 1 N–H and O–H groups in total. The maximum Gasteiger partial charge on any atom is 0.355 e. The summed E-state index contributed by atoms with van der Waals surface area (Å²) in [5.41, 5.74) is 2.61. The number of carbonyl (C=O) groups excluding carboxylic acids is 1. The van der Waals surface area contributed by atoms with Crippen molar-refractivity contribution in [3.05, 3.63) is 82.2 Å². The average molecular weight is 493 g/mol. The Morgan fingerprint density at radius 2 is 1.71 bits per heavy atom. The predicted molar refractivity (Wildman–Crippen MR) is 122 cm³/mol. The highest BCUT2D eigenvalue weighted by Crippen LogP contribution is 2.27. The van der Waals surface area contributed by atoms with E-state index in [1.807, 2.05) is 0 Å². The smallest absolute Gasteiger partial charge is 0.355 e. The molecule has 0 aliphatic carbocycles. The Morgan fingerprint density at radius 1 is 1.03 bits per heavy atom. The molecule has 1 heterocycles. The van der Waals surface area contributed by atoms with E-state index in [4.69, 9.17) is 9.47 Å². The summed E-state index contributed by atoms with van der Waals surface area (Å²) >= 11 is 0. The van der Waals surface area contributed by atoms with Crippen molar-refractivity contribution in [2.24, 2.45) is 0 Å². The lowest BCUT2D eigenvalue weighted by atomic mass is 10.1. The van der Waals surface area contributed by atoms with Gasteiger partial charge in [0.05, 0.1) is 20.3 Å². The van der Waals surface area contributed by atoms with Gasteiger partial charge in [0.1, 0.15) is 28.0 Å². The highest BCUT2D eigenvalue weighted by atomic mass is 32.2. The Bertz CT molecular complexity index is 1290. The van der Waals surface area contributed by atoms with Crippen LogP contribution in [0.2, 0.25) is 0 Å². The molecule has 0 radical (unpaired) electrons. The van der Waals surface area contributed by atoms with E-state index in [1.54, 1.807) is 45.0 Å². The van der Waals surface area contributed by atoms with E-state index in [1.165, 1.54) is 7.11 Å². The van der Waals surface area contributed by atoms with E-state index in [9.17, 15) is 22.0 Å². The van der Waals surface area contributed by atoms with Crippen LogP contribution in [0.1, 0.15) is 39.8 Å². The van der Waals surface area contributed by atoms with Gasteiger partial charge in [0.15, 0.2) is 0 Å². The third kappa shape index (κ3) is 5.28. The molecule has 1 aromatic heterocycles. The predicted octanol–water partition coefficient (Wildman–Crippen LogP) is 4.49. The number of nitrogens with zero attached hydrogens (tertiary/aromatic N) is 1. The van der Waals surface area contributed by atoms with E-state index in [0.29, 0.717) is 34.2 Å². The minimum absolute atomic E-state index is 0.102. The lowest BCUT2D eigenvalue weighted by Crippen LogP contribution is -2.31. The Hall–Kier alpha value is -3.24. The normalized spacial score (nSPS) is 11.6. The van der Waals surface area contributed by atoms with Crippen molar-refractivity contribution in [2.75, 3.05) is 13.7 Å². The lowest BCUT2D eigenvalue weighted by Gasteiger charge is -2.23. The molecule has 0 bridgehead atoms. The number of aromatic amines is 1. The van der Waals surface area contributed by atoms with Crippen LogP contribution < -0.4 is 4.74 Å². The first kappa shape index (κ1) is 25.4. The quantitative estimate of drug-likeness (QED) is 0.445. The van der Waals surface area contributed by atoms with Gasteiger partial charge in [-0.3, -0.25) is 0 Å². The number of H-pyrrole nitrogens is 1. The van der Waals surface area contributed by atoms with Crippen LogP contribution in [-0.4, -0.2) is 37.4 Å². The standard InChI is InChI=1S/C24H26F2N2O5S/c1-5-33-24(29)23-16(3)15(2)21(27-23)14-28(13-17-6-9-19(32-4)10-7-17)34(30,31)22-11-8-18(25)12-20(22)26/h6-12,27H,5,13-14H2,1-4H3. The number of rotatable bonds is 9. The monoisotopic (exact) mass is 492 g/mol. The van der Waals surface area contributed by atoms with Gasteiger partial charge >= 0.3 is 5.97 Å². The Morgan fingerprint density at radius 3 is 2.29 bits per heavy atom. The SMILES string of the molecule is CCOC(=O)c1[nH]c(CN(Cc2ccc(OC)cc2)S(=O)(=O)c2ccc(F)cc2F)c(C)c1C. The van der Waals surface area contributed by atoms with Crippen LogP contribution >= 0.6 is 0 Å². The van der Waals surface area contributed by atoms with Crippen molar-refractivity contribution < 1.29 is 31.5 Å². The van der Waals surface area contributed by atoms with Gasteiger partial charge in [0.25, 0.3) is 0 Å². The molecular formula is C24H26F2N2O5S. The third-order valence-electron chi connectivity index (χ3n) is 5.51. The second-order valence-corrected chi connectivity index (χ2v) is 9.55. The molecule has 3 rings (SSSR count). The van der Waals surface area contributed by atoms with Gasteiger partial charge in [0.2, 0.25) is 10.0 Å². The van der Waals surface area contributed by atoms with E-state index in [-0.39, 0.29) is 25.4 Å². The van der Waals surface area contributed by atoms with Crippen molar-refractivity contribution >= 4 is 16.0 Å². The zero-order valence-electron chi connectivity index (χ0n) is 19.3. The summed E-state index contributed by atoms with van der Waals surface area (Å²) in [6.45, 7) is 5.06. The molecule has 10 heteroatoms. The van der Waals surface area contributed by atoms with Crippen molar-refractivity contribution in [2.45, 2.75) is 38.8 Å². The fourth-order valence-corrected chi connectivity index (χ4v) is 4.92. The topological polar surface area (TPSA) is 88.7 Å². The zero-order chi connectivity index (χ0) is 25.0. The second kappa shape index (κ2) is 10.4. The summed E-state index contributed by atoms with van der Waals surface area (Å²) in [6.07, 6.45) is 0. The molecular weight excluding hydrogens is 466 g/mol. The molecule has 0 fully saturated rings. The molecule has 0 saturated heterocycles. The molecule has 0 atom stereocenters. The van der Waals surface area contributed by atoms with Gasteiger partial charge < -0.3 is 14.5 Å². The van der Waals surface area contributed by atoms with Crippen LogP contribution in [0, 0.1) is 25.5 Å². The van der Waals surface area contributed by atoms with E-state index >= 15 is 0 Å². The van der Waals surface area contributed by atoms with Crippen LogP contribution in [0.5, 0.6) is 5.75 Å². The summed E-state index contributed by atoms with van der Waals surface area (Å²) in [7, 11) is -2.87. The second-order valence-electron chi connectivity index (χ2n) is 7.64. The zero-order valence-corrected chi connectivity index (χ0v) is 20.1. The fourth-order valence-electron chi connectivity index (χ4n) is 3.48. The third-order valence-corrected chi connectivity index (χ3v) is 7.33. The summed E-state index contributed by atoms with van der Waals surface area (Å²) in [6, 6.07) is 9.07. The number of ether oxygens (including phenoxy) is 2. The van der Waals surface area contributed by atoms with Crippen molar-refractivity contribution in [3.8, 4) is 5.75 Å². The van der Waals surface area contributed by atoms with Gasteiger partial charge in [-0.15, -0.1) is 0 Å². The Balaban J connectivity index is 2.04. The number of hydrogen-bond acceptors (Lipinski definition) is 5. The number of halogens is 2. The summed E-state index contributed by atoms with van der Waals surface area (Å²) < 4.78 is 66.1. The summed E-state index contributed by atoms with van der Waals surface area (Å²) in [5.74, 6) is -2.03. The van der Waals surface area contributed by atoms with Gasteiger partial charge in [-0.2, -0.15) is 4.31 Å². The maximum absolute atomic E-state index is 14.5. The van der Waals surface area contributed by atoms with Gasteiger partial charge in [-0.1, -0.05) is 12.1 Å². The molecule has 0 spiro atoms. The molecule has 0 amide bonds. The molecule has 182 valence electrons. The number of carbonyl (C=O) groups is 1. The van der Waals surface area contributed by atoms with E-state index in [2.05, 4.69) is 4.98 Å². The number of esters is 1. The molecule has 2 aromatic carbocycles. The van der Waals surface area contributed by atoms with Crippen LogP contribution in [0.15, 0.2) is 47.4 Å². The van der Waals surface area contributed by atoms with Crippen LogP contribution in [0.4, 0.5) is 8.78 Å². The Labute approximate surface area is 197 Å². The van der Waals surface area contributed by atoms with Crippen molar-refractivity contribution in [3.63, 3.8) is 0 Å². The van der Waals surface area contributed by atoms with Crippen molar-refractivity contribution in [1.29, 1.82) is 0 Å². The van der Waals surface area contributed by atoms with Gasteiger partial charge in [-0.25, -0.2) is 22.0 Å². The van der Waals surface area contributed by atoms with Crippen molar-refractivity contribution in [1.82, 2.24) is 9.29 Å². The highest BCUT2D eigenvalue weighted by molar-refractivity contribution is 7.89. The molecule has 0 saturated carbocycles. The Kier molecular flexibility index (Phi) is 7.73. The summed E-state index contributed by atoms with van der Waals surface area (Å²) in [4.78, 5) is 14.6. The molecule has 7 nitrogen and oxygen atoms in total. The number of sulfonamides is 1. The van der Waals surface area contributed by atoms with E-state index < -0.39 is 32.5 Å². The summed E-state index contributed by atoms with van der Waals surface area (Å²) in [5, 5.41) is 0. The first-order valence-electron chi connectivity index (χ1n) is 10.5. The largest absolute Gasteiger partial charge is 0.497 e. The molecule has 0 unspecified atom stereocenters. The minimum atomic E-state index is -4.39. The first-order chi connectivity index (χ1) is 16.1. The number of methoxy groups -OCH3 is 1. The van der Waals surface area contributed by atoms with Crippen LogP contribution in [0.3, 0.4) is 0 Å². The number of hydrogen-bond donors (Lipinski definition) is 1. The lowest BCUT2D eigenvalue weighted by molar-refractivity contribution is 0.0519. The maximum atomic E-state index is 14.5. The number of nitrogens with one attached hydrogen (secondary N) is 1. The van der Waals surface area contributed by atoms with Gasteiger partial charge in [0, 0.05) is 18.3 Å².